The van der Waals surface area contributed by atoms with Crippen molar-refractivity contribution in [1.29, 1.82) is 0 Å². The first-order valence-corrected chi connectivity index (χ1v) is 4.86. The lowest BCUT2D eigenvalue weighted by Crippen LogP contribution is -2.29. The molecule has 0 aliphatic heterocycles. The Balaban J connectivity index is 3.61. The Morgan fingerprint density at radius 2 is 2.09 bits per heavy atom. The second kappa shape index (κ2) is 5.61. The maximum absolute atomic E-state index is 10.6. The van der Waals surface area contributed by atoms with E-state index < -0.39 is 0 Å². The normalized spacial score (nSPS) is 13.5. The number of nitrogens with zero attached hydrogens (tertiary/aromatic N) is 1. The summed E-state index contributed by atoms with van der Waals surface area (Å²) in [6, 6.07) is 0.531. The molecule has 66 valence electrons. The summed E-state index contributed by atoms with van der Waals surface area (Å²) >= 11 is 1.41. The third kappa shape index (κ3) is 5.27. The number of rotatable bonds is 4. The lowest BCUT2D eigenvalue weighted by atomic mass is 10.2. The molecule has 0 aliphatic carbocycles. The quantitative estimate of drug-likeness (QED) is 0.647. The number of carbonyl (C=O) groups is 1. The van der Waals surface area contributed by atoms with E-state index in [0.717, 1.165) is 12.2 Å². The van der Waals surface area contributed by atoms with Crippen molar-refractivity contribution in [3.05, 3.63) is 0 Å². The van der Waals surface area contributed by atoms with Crippen molar-refractivity contribution in [2.45, 2.75) is 26.3 Å². The largest absolute Gasteiger partial charge is 0.306 e. The summed E-state index contributed by atoms with van der Waals surface area (Å²) in [6.45, 7) is 3.76. The van der Waals surface area contributed by atoms with Crippen LogP contribution in [0.2, 0.25) is 0 Å². The highest BCUT2D eigenvalue weighted by Gasteiger charge is 2.09. The van der Waals surface area contributed by atoms with Gasteiger partial charge in [-0.3, -0.25) is 4.79 Å². The predicted octanol–water partition coefficient (Wildman–Crippen LogP) is 1.61. The number of hydrogen-bond acceptors (Lipinski definition) is 3. The van der Waals surface area contributed by atoms with Crippen LogP contribution in [0.1, 0.15) is 20.3 Å². The molecule has 0 spiro atoms. The molecule has 0 heterocycles. The summed E-state index contributed by atoms with van der Waals surface area (Å²) in [5, 5.41) is 0.213. The van der Waals surface area contributed by atoms with Crippen LogP contribution in [0.5, 0.6) is 0 Å². The molecule has 0 radical (unpaired) electrons. The zero-order valence-electron chi connectivity index (χ0n) is 7.76. The van der Waals surface area contributed by atoms with Gasteiger partial charge < -0.3 is 4.90 Å². The summed E-state index contributed by atoms with van der Waals surface area (Å²) in [6.07, 6.45) is 1.10. The van der Waals surface area contributed by atoms with Crippen LogP contribution >= 0.6 is 11.8 Å². The Bertz CT molecular complexity index is 125. The fourth-order valence-electron chi connectivity index (χ4n) is 0.846. The molecule has 2 nitrogen and oxygen atoms in total. The molecule has 3 heteroatoms. The first-order chi connectivity index (χ1) is 5.07. The summed E-state index contributed by atoms with van der Waals surface area (Å²) in [7, 11) is 4.10. The molecule has 0 aromatic heterocycles. The van der Waals surface area contributed by atoms with Gasteiger partial charge in [0.15, 0.2) is 5.12 Å². The third-order valence-corrected chi connectivity index (χ3v) is 2.64. The first kappa shape index (κ1) is 11.0. The van der Waals surface area contributed by atoms with E-state index in [1.807, 2.05) is 0 Å². The molecule has 11 heavy (non-hydrogen) atoms. The van der Waals surface area contributed by atoms with Gasteiger partial charge in [0.1, 0.15) is 0 Å². The fourth-order valence-corrected chi connectivity index (χ4v) is 1.81. The third-order valence-electron chi connectivity index (χ3n) is 1.68. The minimum atomic E-state index is 0.213. The van der Waals surface area contributed by atoms with Crippen LogP contribution in [-0.2, 0) is 4.79 Å². The van der Waals surface area contributed by atoms with E-state index >= 15 is 0 Å². The molecule has 0 bridgehead atoms. The highest BCUT2D eigenvalue weighted by atomic mass is 32.2. The molecule has 0 amide bonds. The zero-order chi connectivity index (χ0) is 8.85. The van der Waals surface area contributed by atoms with E-state index in [4.69, 9.17) is 0 Å². The van der Waals surface area contributed by atoms with Gasteiger partial charge in [0.25, 0.3) is 0 Å². The first-order valence-electron chi connectivity index (χ1n) is 3.87. The smallest absolute Gasteiger partial charge is 0.185 e. The van der Waals surface area contributed by atoms with Crippen LogP contribution in [-0.4, -0.2) is 35.9 Å². The second-order valence-corrected chi connectivity index (χ2v) is 4.03. The van der Waals surface area contributed by atoms with E-state index in [-0.39, 0.29) is 5.12 Å². The Hall–Kier alpha value is -0.0200. The van der Waals surface area contributed by atoms with E-state index in [2.05, 4.69) is 25.9 Å². The molecular weight excluding hydrogens is 158 g/mol. The molecular formula is C8H17NOS. The van der Waals surface area contributed by atoms with E-state index in [1.165, 1.54) is 11.8 Å². The average Bonchev–Trinajstić information content (AvgIpc) is 1.87. The molecule has 0 aromatic carbocycles. The highest BCUT2D eigenvalue weighted by molar-refractivity contribution is 8.13. The molecule has 1 unspecified atom stereocenters. The molecule has 0 saturated carbocycles. The van der Waals surface area contributed by atoms with Gasteiger partial charge in [-0.15, -0.1) is 0 Å². The minimum absolute atomic E-state index is 0.213. The van der Waals surface area contributed by atoms with Gasteiger partial charge in [-0.1, -0.05) is 18.7 Å². The summed E-state index contributed by atoms with van der Waals surface area (Å²) in [5.74, 6) is 0.916. The summed E-state index contributed by atoms with van der Waals surface area (Å²) in [4.78, 5) is 12.8. The van der Waals surface area contributed by atoms with Crippen molar-refractivity contribution in [3.63, 3.8) is 0 Å². The SMILES string of the molecule is CCC(CSC(C)=O)N(C)C. The number of hydrogen-bond donors (Lipinski definition) is 0. The monoisotopic (exact) mass is 175 g/mol. The van der Waals surface area contributed by atoms with Crippen molar-refractivity contribution in [3.8, 4) is 0 Å². The average molecular weight is 175 g/mol. The van der Waals surface area contributed by atoms with E-state index in [9.17, 15) is 4.79 Å². The van der Waals surface area contributed by atoms with E-state index in [1.54, 1.807) is 6.92 Å². The Morgan fingerprint density at radius 3 is 2.36 bits per heavy atom. The van der Waals surface area contributed by atoms with Gasteiger partial charge >= 0.3 is 0 Å². The minimum Gasteiger partial charge on any atom is -0.306 e. The lowest BCUT2D eigenvalue weighted by molar-refractivity contribution is -0.109. The van der Waals surface area contributed by atoms with Gasteiger partial charge in [0.05, 0.1) is 0 Å². The van der Waals surface area contributed by atoms with Crippen molar-refractivity contribution >= 4 is 16.9 Å². The molecule has 0 saturated heterocycles. The fraction of sp³-hybridized carbons (Fsp3) is 0.875. The topological polar surface area (TPSA) is 20.3 Å². The van der Waals surface area contributed by atoms with Crippen LogP contribution in [0.4, 0.5) is 0 Å². The van der Waals surface area contributed by atoms with Crippen LogP contribution in [0.15, 0.2) is 0 Å². The van der Waals surface area contributed by atoms with Gasteiger partial charge in [-0.05, 0) is 20.5 Å². The molecule has 0 aromatic rings. The Kier molecular flexibility index (Phi) is 5.60. The van der Waals surface area contributed by atoms with Crippen LogP contribution < -0.4 is 0 Å². The van der Waals surface area contributed by atoms with Gasteiger partial charge in [-0.2, -0.15) is 0 Å². The Morgan fingerprint density at radius 1 is 1.55 bits per heavy atom. The Labute approximate surface area is 73.3 Å². The van der Waals surface area contributed by atoms with Crippen molar-refractivity contribution < 1.29 is 4.79 Å². The standard InChI is InChI=1S/C8H17NOS/c1-5-8(9(3)4)6-11-7(2)10/h8H,5-6H2,1-4H3. The molecule has 0 N–H and O–H groups in total. The van der Waals surface area contributed by atoms with Crippen molar-refractivity contribution in [2.75, 3.05) is 19.8 Å². The number of thioether (sulfide) groups is 1. The molecule has 0 rings (SSSR count). The van der Waals surface area contributed by atoms with Crippen LogP contribution in [0.25, 0.3) is 0 Å². The predicted molar refractivity (Wildman–Crippen MR) is 50.9 cm³/mol. The maximum atomic E-state index is 10.6. The highest BCUT2D eigenvalue weighted by Crippen LogP contribution is 2.09. The zero-order valence-corrected chi connectivity index (χ0v) is 8.57. The van der Waals surface area contributed by atoms with Crippen LogP contribution in [0.3, 0.4) is 0 Å². The van der Waals surface area contributed by atoms with Crippen molar-refractivity contribution in [2.24, 2.45) is 0 Å². The van der Waals surface area contributed by atoms with Crippen molar-refractivity contribution in [1.82, 2.24) is 4.90 Å². The maximum Gasteiger partial charge on any atom is 0.185 e. The van der Waals surface area contributed by atoms with Crippen LogP contribution in [0, 0.1) is 0 Å². The van der Waals surface area contributed by atoms with Gasteiger partial charge in [0.2, 0.25) is 0 Å². The summed E-state index contributed by atoms with van der Waals surface area (Å²) in [5.41, 5.74) is 0. The van der Waals surface area contributed by atoms with Gasteiger partial charge in [0, 0.05) is 18.7 Å². The lowest BCUT2D eigenvalue weighted by Gasteiger charge is -2.21. The van der Waals surface area contributed by atoms with E-state index in [0.29, 0.717) is 6.04 Å². The molecule has 0 fully saturated rings. The number of carbonyl (C=O) groups excluding carboxylic acids is 1. The molecule has 0 aliphatic rings. The van der Waals surface area contributed by atoms with Gasteiger partial charge in [-0.25, -0.2) is 0 Å². The summed E-state index contributed by atoms with van der Waals surface area (Å²) < 4.78 is 0. The second-order valence-electron chi connectivity index (χ2n) is 2.83. The molecule has 1 atom stereocenters.